The van der Waals surface area contributed by atoms with E-state index < -0.39 is 5.54 Å². The molecule has 0 unspecified atom stereocenters. The first-order chi connectivity index (χ1) is 6.17. The number of carbonyl (C=O) groups is 1. The SMILES string of the molecule is C=CCN(C(=O)C1(N)CC1)C1CC1. The largest absolute Gasteiger partial charge is 0.334 e. The second-order valence-corrected chi connectivity index (χ2v) is 4.13. The second kappa shape index (κ2) is 2.84. The Morgan fingerprint density at radius 2 is 2.23 bits per heavy atom. The first kappa shape index (κ1) is 8.75. The van der Waals surface area contributed by atoms with Gasteiger partial charge in [-0.15, -0.1) is 6.58 Å². The zero-order valence-corrected chi connectivity index (χ0v) is 7.83. The molecular formula is C10H16N2O. The van der Waals surface area contributed by atoms with E-state index in [1.165, 1.54) is 0 Å². The third-order valence-electron chi connectivity index (χ3n) is 2.79. The Morgan fingerprint density at radius 3 is 2.62 bits per heavy atom. The van der Waals surface area contributed by atoms with Gasteiger partial charge in [0.2, 0.25) is 5.91 Å². The molecule has 0 heterocycles. The molecule has 2 N–H and O–H groups in total. The molecule has 2 rings (SSSR count). The van der Waals surface area contributed by atoms with Gasteiger partial charge in [-0.2, -0.15) is 0 Å². The lowest BCUT2D eigenvalue weighted by molar-refractivity contribution is -0.133. The van der Waals surface area contributed by atoms with E-state index in [1.807, 2.05) is 4.90 Å². The quantitative estimate of drug-likeness (QED) is 0.646. The molecule has 72 valence electrons. The fraction of sp³-hybridized carbons (Fsp3) is 0.700. The Kier molecular flexibility index (Phi) is 1.91. The summed E-state index contributed by atoms with van der Waals surface area (Å²) in [5.41, 5.74) is 5.35. The van der Waals surface area contributed by atoms with Crippen molar-refractivity contribution in [3.8, 4) is 0 Å². The third-order valence-corrected chi connectivity index (χ3v) is 2.79. The number of hydrogen-bond acceptors (Lipinski definition) is 2. The van der Waals surface area contributed by atoms with Gasteiger partial charge in [-0.3, -0.25) is 4.79 Å². The fourth-order valence-corrected chi connectivity index (χ4v) is 1.56. The normalized spacial score (nSPS) is 23.8. The van der Waals surface area contributed by atoms with Crippen LogP contribution in [0.25, 0.3) is 0 Å². The average Bonchev–Trinajstić information content (AvgIpc) is 2.94. The molecule has 0 aromatic carbocycles. The monoisotopic (exact) mass is 180 g/mol. The number of carbonyl (C=O) groups excluding carboxylic acids is 1. The second-order valence-electron chi connectivity index (χ2n) is 4.13. The highest BCUT2D eigenvalue weighted by Gasteiger charge is 2.50. The maximum atomic E-state index is 11.9. The highest BCUT2D eigenvalue weighted by Crippen LogP contribution is 2.37. The van der Waals surface area contributed by atoms with Gasteiger partial charge in [0.25, 0.3) is 0 Å². The Balaban J connectivity index is 2.01. The molecule has 2 aliphatic carbocycles. The predicted octanol–water partition coefficient (Wildman–Crippen LogP) is 0.655. The lowest BCUT2D eigenvalue weighted by Gasteiger charge is -2.23. The van der Waals surface area contributed by atoms with Gasteiger partial charge in [0.05, 0.1) is 5.54 Å². The molecule has 0 aromatic rings. The highest BCUT2D eigenvalue weighted by molar-refractivity contribution is 5.89. The van der Waals surface area contributed by atoms with Crippen molar-refractivity contribution in [2.75, 3.05) is 6.54 Å². The Labute approximate surface area is 78.6 Å². The van der Waals surface area contributed by atoms with Gasteiger partial charge in [0, 0.05) is 12.6 Å². The van der Waals surface area contributed by atoms with Gasteiger partial charge in [0.15, 0.2) is 0 Å². The maximum Gasteiger partial charge on any atom is 0.243 e. The summed E-state index contributed by atoms with van der Waals surface area (Å²) >= 11 is 0. The van der Waals surface area contributed by atoms with Gasteiger partial charge in [-0.1, -0.05) is 6.08 Å². The van der Waals surface area contributed by atoms with Gasteiger partial charge < -0.3 is 10.6 Å². The minimum Gasteiger partial charge on any atom is -0.334 e. The summed E-state index contributed by atoms with van der Waals surface area (Å²) in [5.74, 6) is 0.134. The van der Waals surface area contributed by atoms with Crippen molar-refractivity contribution >= 4 is 5.91 Å². The summed E-state index contributed by atoms with van der Waals surface area (Å²) in [6, 6.07) is 0.450. The zero-order chi connectivity index (χ0) is 9.47. The number of rotatable bonds is 4. The van der Waals surface area contributed by atoms with Crippen LogP contribution in [-0.4, -0.2) is 28.9 Å². The van der Waals surface area contributed by atoms with E-state index in [1.54, 1.807) is 6.08 Å². The van der Waals surface area contributed by atoms with Crippen molar-refractivity contribution in [2.24, 2.45) is 5.73 Å². The summed E-state index contributed by atoms with van der Waals surface area (Å²) in [4.78, 5) is 13.7. The van der Waals surface area contributed by atoms with Crippen LogP contribution in [0.15, 0.2) is 12.7 Å². The molecule has 0 radical (unpaired) electrons. The van der Waals surface area contributed by atoms with Crippen LogP contribution in [0.4, 0.5) is 0 Å². The fourth-order valence-electron chi connectivity index (χ4n) is 1.56. The van der Waals surface area contributed by atoms with Crippen LogP contribution in [0.5, 0.6) is 0 Å². The molecule has 3 nitrogen and oxygen atoms in total. The van der Waals surface area contributed by atoms with Crippen LogP contribution in [-0.2, 0) is 4.79 Å². The average molecular weight is 180 g/mol. The lowest BCUT2D eigenvalue weighted by Crippen LogP contribution is -2.46. The lowest BCUT2D eigenvalue weighted by atomic mass is 10.2. The van der Waals surface area contributed by atoms with E-state index >= 15 is 0 Å². The van der Waals surface area contributed by atoms with Gasteiger partial charge in [0.1, 0.15) is 0 Å². The highest BCUT2D eigenvalue weighted by atomic mass is 16.2. The smallest absolute Gasteiger partial charge is 0.243 e. The molecule has 2 fully saturated rings. The van der Waals surface area contributed by atoms with Crippen molar-refractivity contribution in [3.05, 3.63) is 12.7 Å². The van der Waals surface area contributed by atoms with E-state index in [0.29, 0.717) is 12.6 Å². The first-order valence-corrected chi connectivity index (χ1v) is 4.88. The van der Waals surface area contributed by atoms with Gasteiger partial charge in [-0.25, -0.2) is 0 Å². The molecule has 0 saturated heterocycles. The molecule has 0 aliphatic heterocycles. The van der Waals surface area contributed by atoms with Gasteiger partial charge in [-0.05, 0) is 25.7 Å². The predicted molar refractivity (Wildman–Crippen MR) is 51.1 cm³/mol. The molecular weight excluding hydrogens is 164 g/mol. The van der Waals surface area contributed by atoms with Crippen LogP contribution in [0, 0.1) is 0 Å². The molecule has 0 spiro atoms. The van der Waals surface area contributed by atoms with Crippen LogP contribution >= 0.6 is 0 Å². The van der Waals surface area contributed by atoms with Crippen LogP contribution in [0.1, 0.15) is 25.7 Å². The van der Waals surface area contributed by atoms with E-state index in [9.17, 15) is 4.79 Å². The van der Waals surface area contributed by atoms with Crippen molar-refractivity contribution in [1.82, 2.24) is 4.90 Å². The van der Waals surface area contributed by atoms with E-state index in [4.69, 9.17) is 5.73 Å². The van der Waals surface area contributed by atoms with E-state index in [-0.39, 0.29) is 5.91 Å². The molecule has 13 heavy (non-hydrogen) atoms. The number of nitrogens with two attached hydrogens (primary N) is 1. The number of amides is 1. The molecule has 2 saturated carbocycles. The standard InChI is InChI=1S/C10H16N2O/c1-2-7-12(8-3-4-8)9(13)10(11)5-6-10/h2,8H,1,3-7,11H2. The Morgan fingerprint density at radius 1 is 1.62 bits per heavy atom. The van der Waals surface area contributed by atoms with Crippen LogP contribution in [0.3, 0.4) is 0 Å². The molecule has 2 aliphatic rings. The third kappa shape index (κ3) is 1.61. The van der Waals surface area contributed by atoms with Crippen molar-refractivity contribution < 1.29 is 4.79 Å². The molecule has 0 bridgehead atoms. The van der Waals surface area contributed by atoms with E-state index in [2.05, 4.69) is 6.58 Å². The topological polar surface area (TPSA) is 46.3 Å². The molecule has 0 aromatic heterocycles. The van der Waals surface area contributed by atoms with Gasteiger partial charge >= 0.3 is 0 Å². The number of hydrogen-bond donors (Lipinski definition) is 1. The zero-order valence-electron chi connectivity index (χ0n) is 7.83. The van der Waals surface area contributed by atoms with Crippen molar-refractivity contribution in [1.29, 1.82) is 0 Å². The van der Waals surface area contributed by atoms with Crippen LogP contribution in [0.2, 0.25) is 0 Å². The first-order valence-electron chi connectivity index (χ1n) is 4.88. The Hall–Kier alpha value is -0.830. The van der Waals surface area contributed by atoms with Crippen molar-refractivity contribution in [2.45, 2.75) is 37.3 Å². The summed E-state index contributed by atoms with van der Waals surface area (Å²) in [6.45, 7) is 4.32. The summed E-state index contributed by atoms with van der Waals surface area (Å²) in [7, 11) is 0. The minimum atomic E-state index is -0.508. The number of nitrogens with zero attached hydrogens (tertiary/aromatic N) is 1. The summed E-state index contributed by atoms with van der Waals surface area (Å²) < 4.78 is 0. The molecule has 0 atom stereocenters. The van der Waals surface area contributed by atoms with Crippen LogP contribution < -0.4 is 5.73 Å². The Bertz CT molecular complexity index is 241. The maximum absolute atomic E-state index is 11.9. The van der Waals surface area contributed by atoms with Crippen molar-refractivity contribution in [3.63, 3.8) is 0 Å². The minimum absolute atomic E-state index is 0.134. The van der Waals surface area contributed by atoms with E-state index in [0.717, 1.165) is 25.7 Å². The summed E-state index contributed by atoms with van der Waals surface area (Å²) in [6.07, 6.45) is 5.76. The molecule has 1 amide bonds. The summed E-state index contributed by atoms with van der Waals surface area (Å²) in [5, 5.41) is 0. The molecule has 3 heteroatoms.